The molecule has 1 aliphatic rings. The van der Waals surface area contributed by atoms with Gasteiger partial charge in [-0.1, -0.05) is 46.8 Å². The predicted octanol–water partition coefficient (Wildman–Crippen LogP) is 6.73. The van der Waals surface area contributed by atoms with Gasteiger partial charge in [0.2, 0.25) is 0 Å². The van der Waals surface area contributed by atoms with Crippen molar-refractivity contribution >= 4 is 23.2 Å². The Bertz CT molecular complexity index is 1280. The molecule has 0 spiro atoms. The van der Waals surface area contributed by atoms with Crippen LogP contribution in [0.5, 0.6) is 0 Å². The highest BCUT2D eigenvalue weighted by atomic mass is 32.1. The summed E-state index contributed by atoms with van der Waals surface area (Å²) in [6.07, 6.45) is 7.57. The quantitative estimate of drug-likeness (QED) is 0.318. The molecule has 39 heavy (non-hydrogen) atoms. The van der Waals surface area contributed by atoms with Crippen LogP contribution in [-0.2, 0) is 14.9 Å². The first-order valence-electron chi connectivity index (χ1n) is 13.6. The molecule has 1 aliphatic heterocycles. The highest BCUT2D eigenvalue weighted by Crippen LogP contribution is 2.55. The van der Waals surface area contributed by atoms with Crippen molar-refractivity contribution in [2.45, 2.75) is 96.7 Å². The number of nitrogens with zero attached hydrogens (tertiary/aromatic N) is 4. The van der Waals surface area contributed by atoms with Crippen LogP contribution in [0.25, 0.3) is 0 Å². The minimum absolute atomic E-state index is 0.0480. The summed E-state index contributed by atoms with van der Waals surface area (Å²) >= 11 is 1.48. The zero-order valence-corrected chi connectivity index (χ0v) is 25.1. The molecule has 0 N–H and O–H groups in total. The van der Waals surface area contributed by atoms with Crippen molar-refractivity contribution in [1.29, 1.82) is 0 Å². The van der Waals surface area contributed by atoms with E-state index < -0.39 is 23.2 Å². The first-order valence-corrected chi connectivity index (χ1v) is 14.4. The fourth-order valence-corrected chi connectivity index (χ4v) is 6.31. The third-order valence-corrected chi connectivity index (χ3v) is 7.93. The van der Waals surface area contributed by atoms with Crippen LogP contribution >= 0.6 is 11.3 Å². The Balaban J connectivity index is 1.93. The molecule has 0 aliphatic carbocycles. The number of carbonyl (C=O) groups excluding carboxylic acids is 2. The summed E-state index contributed by atoms with van der Waals surface area (Å²) in [5.74, 6) is -0.771. The molecule has 1 fully saturated rings. The lowest BCUT2D eigenvalue weighted by Crippen LogP contribution is -2.56. The summed E-state index contributed by atoms with van der Waals surface area (Å²) in [7, 11) is 0. The van der Waals surface area contributed by atoms with Gasteiger partial charge in [0.25, 0.3) is 5.91 Å². The van der Waals surface area contributed by atoms with Crippen molar-refractivity contribution < 1.29 is 14.3 Å². The van der Waals surface area contributed by atoms with Gasteiger partial charge in [0.1, 0.15) is 16.1 Å². The number of thiazole rings is 1. The van der Waals surface area contributed by atoms with E-state index in [-0.39, 0.29) is 23.2 Å². The second-order valence-electron chi connectivity index (χ2n) is 12.9. The Morgan fingerprint density at radius 1 is 1.05 bits per heavy atom. The normalized spacial score (nSPS) is 21.8. The largest absolute Gasteiger partial charge is 0.458 e. The van der Waals surface area contributed by atoms with Gasteiger partial charge < -0.3 is 9.64 Å². The molecule has 3 atom stereocenters. The number of aromatic nitrogens is 3. The van der Waals surface area contributed by atoms with Gasteiger partial charge in [-0.15, -0.1) is 11.3 Å². The van der Waals surface area contributed by atoms with Crippen molar-refractivity contribution in [3.05, 3.63) is 76.3 Å². The van der Waals surface area contributed by atoms with E-state index in [1.54, 1.807) is 29.7 Å². The molecule has 3 aromatic rings. The maximum absolute atomic E-state index is 14.6. The second-order valence-corrected chi connectivity index (χ2v) is 13.8. The smallest absolute Gasteiger partial charge is 0.332 e. The summed E-state index contributed by atoms with van der Waals surface area (Å²) in [6.45, 7) is 16.2. The third-order valence-electron chi connectivity index (χ3n) is 7.09. The first kappa shape index (κ1) is 28.9. The SMILES string of the molecule is CC(C)C[C@@]1(C(=O)OC(C)(C)C)C[C@@H](c2cnccn2)[C@H](c2nccs2)N1C(=O)c1ccc(C(C)(C)C)cc1. The molecule has 7 nitrogen and oxygen atoms in total. The maximum atomic E-state index is 14.6. The maximum Gasteiger partial charge on any atom is 0.332 e. The van der Waals surface area contributed by atoms with Gasteiger partial charge in [0, 0.05) is 41.6 Å². The minimum atomic E-state index is -1.21. The van der Waals surface area contributed by atoms with Crippen molar-refractivity contribution in [3.8, 4) is 0 Å². The molecular formula is C31H40N4O3S. The number of ether oxygens (including phenoxy) is 1. The van der Waals surface area contributed by atoms with Gasteiger partial charge in [0.15, 0.2) is 0 Å². The van der Waals surface area contributed by atoms with Crippen molar-refractivity contribution in [2.24, 2.45) is 5.92 Å². The Labute approximate surface area is 236 Å². The van der Waals surface area contributed by atoms with Crippen molar-refractivity contribution in [1.82, 2.24) is 19.9 Å². The zero-order valence-electron chi connectivity index (χ0n) is 24.3. The Kier molecular flexibility index (Phi) is 7.99. The Morgan fingerprint density at radius 2 is 1.74 bits per heavy atom. The lowest BCUT2D eigenvalue weighted by molar-refractivity contribution is -0.168. The van der Waals surface area contributed by atoms with Crippen LogP contribution in [0, 0.1) is 5.92 Å². The molecule has 208 valence electrons. The van der Waals surface area contributed by atoms with Gasteiger partial charge in [-0.25, -0.2) is 9.78 Å². The van der Waals surface area contributed by atoms with Crippen LogP contribution in [-0.4, -0.2) is 42.9 Å². The number of likely N-dealkylation sites (tertiary alicyclic amines) is 1. The summed E-state index contributed by atoms with van der Waals surface area (Å²) in [4.78, 5) is 44.3. The molecular weight excluding hydrogens is 508 g/mol. The fraction of sp³-hybridized carbons (Fsp3) is 0.516. The van der Waals surface area contributed by atoms with Crippen LogP contribution < -0.4 is 0 Å². The predicted molar refractivity (Wildman–Crippen MR) is 154 cm³/mol. The summed E-state index contributed by atoms with van der Waals surface area (Å²) in [5, 5.41) is 2.67. The second kappa shape index (κ2) is 10.8. The van der Waals surface area contributed by atoms with E-state index in [9.17, 15) is 9.59 Å². The molecule has 1 saturated heterocycles. The van der Waals surface area contributed by atoms with E-state index in [1.165, 1.54) is 11.3 Å². The highest BCUT2D eigenvalue weighted by Gasteiger charge is 2.61. The van der Waals surface area contributed by atoms with Gasteiger partial charge in [0.05, 0.1) is 11.7 Å². The van der Waals surface area contributed by atoms with Crippen LogP contribution in [0.3, 0.4) is 0 Å². The lowest BCUT2D eigenvalue weighted by Gasteiger charge is -2.41. The van der Waals surface area contributed by atoms with Gasteiger partial charge in [-0.3, -0.25) is 14.8 Å². The molecule has 0 saturated carbocycles. The molecule has 2 aromatic heterocycles. The molecule has 8 heteroatoms. The number of amides is 1. The first-order chi connectivity index (χ1) is 18.2. The average molecular weight is 549 g/mol. The van der Waals surface area contributed by atoms with Crippen molar-refractivity contribution in [2.75, 3.05) is 0 Å². The van der Waals surface area contributed by atoms with E-state index >= 15 is 0 Å². The van der Waals surface area contributed by atoms with Gasteiger partial charge >= 0.3 is 5.97 Å². The molecule has 0 unspecified atom stereocenters. The van der Waals surface area contributed by atoms with Crippen molar-refractivity contribution in [3.63, 3.8) is 0 Å². The lowest BCUT2D eigenvalue weighted by atomic mass is 9.82. The molecule has 4 rings (SSSR count). The van der Waals surface area contributed by atoms with Gasteiger partial charge in [-0.05, 0) is 62.6 Å². The highest BCUT2D eigenvalue weighted by molar-refractivity contribution is 7.09. The zero-order chi connectivity index (χ0) is 28.6. The minimum Gasteiger partial charge on any atom is -0.458 e. The van der Waals surface area contributed by atoms with Crippen LogP contribution in [0.1, 0.15) is 107 Å². The summed E-state index contributed by atoms with van der Waals surface area (Å²) in [6, 6.07) is 7.24. The molecule has 1 amide bonds. The molecule has 0 radical (unpaired) electrons. The summed E-state index contributed by atoms with van der Waals surface area (Å²) < 4.78 is 6.07. The standard InChI is InChI=1S/C31H40N4O3S/c1-20(2)17-31(28(37)38-30(6,7)8)18-23(24-19-32-13-14-33-24)25(26-34-15-16-39-26)35(31)27(36)21-9-11-22(12-10-21)29(3,4)5/h9-16,19-20,23,25H,17-18H2,1-8H3/t23-,25+,31-/m0/s1. The number of esters is 1. The van der Waals surface area contributed by atoms with E-state index in [1.807, 2.05) is 50.4 Å². The molecule has 1 aromatic carbocycles. The van der Waals surface area contributed by atoms with Crippen LogP contribution in [0.15, 0.2) is 54.4 Å². The van der Waals surface area contributed by atoms with E-state index in [4.69, 9.17) is 4.74 Å². The monoisotopic (exact) mass is 548 g/mol. The Morgan fingerprint density at radius 3 is 2.26 bits per heavy atom. The van der Waals surface area contributed by atoms with Crippen LogP contribution in [0.4, 0.5) is 0 Å². The Hall–Kier alpha value is -3.13. The summed E-state index contributed by atoms with van der Waals surface area (Å²) in [5.41, 5.74) is 0.419. The van der Waals surface area contributed by atoms with E-state index in [0.717, 1.165) is 16.3 Å². The number of benzene rings is 1. The van der Waals surface area contributed by atoms with E-state index in [2.05, 4.69) is 49.6 Å². The fourth-order valence-electron chi connectivity index (χ4n) is 5.52. The number of rotatable bonds is 6. The number of carbonyl (C=O) groups is 2. The average Bonchev–Trinajstić information content (AvgIpc) is 3.49. The third kappa shape index (κ3) is 6.06. The van der Waals surface area contributed by atoms with Crippen LogP contribution in [0.2, 0.25) is 0 Å². The molecule has 0 bridgehead atoms. The topological polar surface area (TPSA) is 85.3 Å². The molecule has 3 heterocycles. The van der Waals surface area contributed by atoms with Gasteiger partial charge in [-0.2, -0.15) is 0 Å². The van der Waals surface area contributed by atoms with E-state index in [0.29, 0.717) is 18.4 Å². The number of hydrogen-bond donors (Lipinski definition) is 0. The number of hydrogen-bond acceptors (Lipinski definition) is 7.